The third-order valence-electron chi connectivity index (χ3n) is 5.89. The number of methoxy groups -OCH3 is 1. The molecular formula is C29H27N3O2. The summed E-state index contributed by atoms with van der Waals surface area (Å²) in [5.41, 5.74) is 6.83. The summed E-state index contributed by atoms with van der Waals surface area (Å²) in [6.07, 6.45) is 3.65. The van der Waals surface area contributed by atoms with Crippen molar-refractivity contribution in [1.29, 1.82) is 5.26 Å². The maximum Gasteiger partial charge on any atom is 0.266 e. The minimum atomic E-state index is -0.415. The maximum atomic E-state index is 13.0. The minimum Gasteiger partial charge on any atom is -0.497 e. The first-order valence-electron chi connectivity index (χ1n) is 11.1. The van der Waals surface area contributed by atoms with E-state index >= 15 is 0 Å². The first kappa shape index (κ1) is 22.9. The molecule has 170 valence electrons. The first-order chi connectivity index (χ1) is 16.4. The van der Waals surface area contributed by atoms with E-state index < -0.39 is 5.91 Å². The van der Waals surface area contributed by atoms with Crippen LogP contribution in [-0.4, -0.2) is 17.6 Å². The Kier molecular flexibility index (Phi) is 6.51. The third-order valence-corrected chi connectivity index (χ3v) is 5.89. The Morgan fingerprint density at radius 3 is 2.50 bits per heavy atom. The topological polar surface area (TPSA) is 67.0 Å². The second kappa shape index (κ2) is 9.68. The highest BCUT2D eigenvalue weighted by molar-refractivity contribution is 6.11. The molecule has 0 bridgehead atoms. The van der Waals surface area contributed by atoms with Gasteiger partial charge in [0.15, 0.2) is 0 Å². The van der Waals surface area contributed by atoms with Crippen LogP contribution in [-0.2, 0) is 11.3 Å². The lowest BCUT2D eigenvalue weighted by molar-refractivity contribution is -0.112. The Balaban J connectivity index is 1.69. The summed E-state index contributed by atoms with van der Waals surface area (Å²) in [5, 5.41) is 13.7. The Labute approximate surface area is 199 Å². The van der Waals surface area contributed by atoms with Crippen LogP contribution in [0.4, 0.5) is 5.69 Å². The summed E-state index contributed by atoms with van der Waals surface area (Å²) >= 11 is 0. The van der Waals surface area contributed by atoms with Gasteiger partial charge in [-0.3, -0.25) is 4.79 Å². The van der Waals surface area contributed by atoms with Crippen molar-refractivity contribution in [3.05, 3.63) is 100 Å². The number of aromatic nitrogens is 1. The van der Waals surface area contributed by atoms with Crippen molar-refractivity contribution in [3.63, 3.8) is 0 Å². The number of benzene rings is 3. The second-order valence-corrected chi connectivity index (χ2v) is 8.48. The van der Waals surface area contributed by atoms with E-state index in [4.69, 9.17) is 4.74 Å². The van der Waals surface area contributed by atoms with Crippen molar-refractivity contribution in [2.45, 2.75) is 27.3 Å². The van der Waals surface area contributed by atoms with Gasteiger partial charge in [0, 0.05) is 34.9 Å². The fourth-order valence-electron chi connectivity index (χ4n) is 4.35. The third kappa shape index (κ3) is 4.72. The molecule has 0 unspecified atom stereocenters. The largest absolute Gasteiger partial charge is 0.497 e. The number of anilines is 1. The van der Waals surface area contributed by atoms with E-state index in [1.807, 2.05) is 87.6 Å². The molecule has 3 aromatic carbocycles. The molecule has 0 fully saturated rings. The van der Waals surface area contributed by atoms with Crippen LogP contribution in [0.15, 0.2) is 72.4 Å². The number of nitrogens with zero attached hydrogens (tertiary/aromatic N) is 2. The molecule has 1 heterocycles. The number of aryl methyl sites for hydroxylation is 3. The Hall–Kier alpha value is -4.30. The average Bonchev–Trinajstić information content (AvgIpc) is 3.16. The van der Waals surface area contributed by atoms with E-state index in [1.165, 1.54) is 0 Å². The van der Waals surface area contributed by atoms with Gasteiger partial charge in [-0.05, 0) is 61.7 Å². The molecule has 0 radical (unpaired) electrons. The second-order valence-electron chi connectivity index (χ2n) is 8.48. The highest BCUT2D eigenvalue weighted by atomic mass is 16.5. The number of fused-ring (bicyclic) bond motifs is 1. The number of carbonyl (C=O) groups excluding carboxylic acids is 1. The van der Waals surface area contributed by atoms with E-state index in [-0.39, 0.29) is 5.57 Å². The van der Waals surface area contributed by atoms with E-state index in [2.05, 4.69) is 16.0 Å². The van der Waals surface area contributed by atoms with Crippen molar-refractivity contribution in [2.24, 2.45) is 0 Å². The van der Waals surface area contributed by atoms with Gasteiger partial charge < -0.3 is 14.6 Å². The molecule has 1 amide bonds. The molecule has 4 aromatic rings. The molecule has 5 nitrogen and oxygen atoms in total. The van der Waals surface area contributed by atoms with Crippen molar-refractivity contribution < 1.29 is 9.53 Å². The minimum absolute atomic E-state index is 0.0589. The molecule has 0 aliphatic heterocycles. The summed E-state index contributed by atoms with van der Waals surface area (Å²) in [7, 11) is 1.65. The van der Waals surface area contributed by atoms with Crippen LogP contribution >= 0.6 is 0 Å². The van der Waals surface area contributed by atoms with Crippen LogP contribution in [0.1, 0.15) is 27.8 Å². The predicted molar refractivity (Wildman–Crippen MR) is 137 cm³/mol. The monoisotopic (exact) mass is 449 g/mol. The van der Waals surface area contributed by atoms with Gasteiger partial charge in [0.05, 0.1) is 7.11 Å². The Morgan fingerprint density at radius 2 is 1.79 bits per heavy atom. The highest BCUT2D eigenvalue weighted by Gasteiger charge is 2.15. The predicted octanol–water partition coefficient (Wildman–Crippen LogP) is 6.17. The van der Waals surface area contributed by atoms with Crippen LogP contribution in [0.25, 0.3) is 17.0 Å². The van der Waals surface area contributed by atoms with Gasteiger partial charge in [0.1, 0.15) is 17.4 Å². The molecule has 4 rings (SSSR count). The van der Waals surface area contributed by atoms with E-state index in [1.54, 1.807) is 13.2 Å². The van der Waals surface area contributed by atoms with Gasteiger partial charge in [-0.25, -0.2) is 0 Å². The number of amides is 1. The molecule has 1 aromatic heterocycles. The number of nitrogens with one attached hydrogen (secondary N) is 1. The number of hydrogen-bond donors (Lipinski definition) is 1. The van der Waals surface area contributed by atoms with E-state index in [9.17, 15) is 10.1 Å². The Morgan fingerprint density at radius 1 is 1.06 bits per heavy atom. The van der Waals surface area contributed by atoms with Gasteiger partial charge in [-0.2, -0.15) is 5.26 Å². The van der Waals surface area contributed by atoms with Crippen LogP contribution in [0.2, 0.25) is 0 Å². The lowest BCUT2D eigenvalue weighted by Gasteiger charge is -2.12. The quantitative estimate of drug-likeness (QED) is 0.283. The zero-order valence-corrected chi connectivity index (χ0v) is 19.8. The molecule has 34 heavy (non-hydrogen) atoms. The average molecular weight is 450 g/mol. The molecule has 0 saturated heterocycles. The summed E-state index contributed by atoms with van der Waals surface area (Å²) in [6, 6.07) is 22.0. The maximum absolute atomic E-state index is 13.0. The zero-order valence-electron chi connectivity index (χ0n) is 19.8. The van der Waals surface area contributed by atoms with Crippen LogP contribution in [0.5, 0.6) is 5.75 Å². The summed E-state index contributed by atoms with van der Waals surface area (Å²) in [5.74, 6) is 0.390. The SMILES string of the molecule is COc1cccc(Cn2cc(/C=C(\C#N)C(=O)Nc3c(C)cc(C)cc3C)c3ccccc32)c1. The van der Waals surface area contributed by atoms with Crippen LogP contribution in [0.3, 0.4) is 0 Å². The van der Waals surface area contributed by atoms with E-state index in [0.29, 0.717) is 6.54 Å². The number of hydrogen-bond acceptors (Lipinski definition) is 3. The fraction of sp³-hybridized carbons (Fsp3) is 0.172. The van der Waals surface area contributed by atoms with Crippen LogP contribution in [0, 0.1) is 32.1 Å². The smallest absolute Gasteiger partial charge is 0.266 e. The highest BCUT2D eigenvalue weighted by Crippen LogP contribution is 2.27. The summed E-state index contributed by atoms with van der Waals surface area (Å²) < 4.78 is 7.47. The molecule has 0 saturated carbocycles. The van der Waals surface area contributed by atoms with Crippen LogP contribution < -0.4 is 10.1 Å². The number of ether oxygens (including phenoxy) is 1. The van der Waals surface area contributed by atoms with Crippen molar-refractivity contribution >= 4 is 28.6 Å². The van der Waals surface area contributed by atoms with Gasteiger partial charge >= 0.3 is 0 Å². The molecular weight excluding hydrogens is 422 g/mol. The van der Waals surface area contributed by atoms with Gasteiger partial charge in [0.25, 0.3) is 5.91 Å². The summed E-state index contributed by atoms with van der Waals surface area (Å²) in [6.45, 7) is 6.57. The van der Waals surface area contributed by atoms with Crippen molar-refractivity contribution in [3.8, 4) is 11.8 Å². The van der Waals surface area contributed by atoms with Crippen molar-refractivity contribution in [2.75, 3.05) is 12.4 Å². The van der Waals surface area contributed by atoms with Gasteiger partial charge in [-0.15, -0.1) is 0 Å². The fourth-order valence-corrected chi connectivity index (χ4v) is 4.35. The molecule has 0 aliphatic rings. The van der Waals surface area contributed by atoms with E-state index in [0.717, 1.165) is 50.2 Å². The number of rotatable bonds is 6. The van der Waals surface area contributed by atoms with Gasteiger partial charge in [0.2, 0.25) is 0 Å². The first-order valence-corrected chi connectivity index (χ1v) is 11.1. The lowest BCUT2D eigenvalue weighted by atomic mass is 10.0. The number of para-hydroxylation sites is 1. The Bertz CT molecular complexity index is 1430. The molecule has 1 N–H and O–H groups in total. The standard InChI is InChI=1S/C29H27N3O2/c1-19-12-20(2)28(21(3)13-19)31-29(33)23(16-30)15-24-18-32(27-11-6-5-10-26(24)27)17-22-8-7-9-25(14-22)34-4/h5-15,18H,17H2,1-4H3,(H,31,33)/b23-15+. The molecule has 0 spiro atoms. The molecule has 0 aliphatic carbocycles. The lowest BCUT2D eigenvalue weighted by Crippen LogP contribution is -2.15. The number of carbonyl (C=O) groups is 1. The zero-order chi connectivity index (χ0) is 24.2. The molecule has 5 heteroatoms. The number of nitriles is 1. The molecule has 0 atom stereocenters. The van der Waals surface area contributed by atoms with Crippen molar-refractivity contribution in [1.82, 2.24) is 4.57 Å². The van der Waals surface area contributed by atoms with Gasteiger partial charge in [-0.1, -0.05) is 48.0 Å². The summed E-state index contributed by atoms with van der Waals surface area (Å²) in [4.78, 5) is 13.0. The normalized spacial score (nSPS) is 11.3.